The number of carbonyl (C=O) groups is 1. The average molecular weight is 330 g/mol. The molecule has 0 saturated heterocycles. The van der Waals surface area contributed by atoms with Crippen LogP contribution >= 0.6 is 0 Å². The second-order valence-electron chi connectivity index (χ2n) is 5.19. The Balaban J connectivity index is 2.46. The molecule has 6 nitrogen and oxygen atoms in total. The second kappa shape index (κ2) is 11.1. The van der Waals surface area contributed by atoms with E-state index in [1.54, 1.807) is 31.4 Å². The summed E-state index contributed by atoms with van der Waals surface area (Å²) >= 11 is 0. The maximum atomic E-state index is 12.1. The first-order chi connectivity index (χ1) is 11.6. The van der Waals surface area contributed by atoms with E-state index in [9.17, 15) is 4.79 Å². The van der Waals surface area contributed by atoms with Crippen molar-refractivity contribution >= 4 is 11.6 Å². The highest BCUT2D eigenvalue weighted by Crippen LogP contribution is 2.15. The quantitative estimate of drug-likeness (QED) is 0.391. The predicted molar refractivity (Wildman–Crippen MR) is 95.7 cm³/mol. The number of rotatable bonds is 10. The Hall–Kier alpha value is -2.52. The predicted octanol–water partition coefficient (Wildman–Crippen LogP) is 2.36. The molecular formula is C18H26N4O2. The number of nitriles is 1. The molecule has 0 aliphatic heterocycles. The standard InChI is InChI=1S/C18H26N4O2/c1-4-22(5-2)12-6-11-20-14-15(13-19)18(23)21-16-7-9-17(24-3)10-8-16/h7-10,14,20H,4-6,11-12H2,1-3H3,(H,21,23)/b15-14-. The van der Waals surface area contributed by atoms with Crippen LogP contribution in [0.5, 0.6) is 5.75 Å². The molecule has 0 aliphatic carbocycles. The lowest BCUT2D eigenvalue weighted by atomic mass is 10.2. The Kier molecular flexibility index (Phi) is 9.02. The van der Waals surface area contributed by atoms with Crippen LogP contribution in [-0.4, -0.2) is 44.1 Å². The summed E-state index contributed by atoms with van der Waals surface area (Å²) in [4.78, 5) is 14.4. The van der Waals surface area contributed by atoms with Crippen molar-refractivity contribution < 1.29 is 9.53 Å². The van der Waals surface area contributed by atoms with Gasteiger partial charge in [-0.2, -0.15) is 5.26 Å². The number of amides is 1. The third-order valence-electron chi connectivity index (χ3n) is 3.65. The summed E-state index contributed by atoms with van der Waals surface area (Å²) in [6.07, 6.45) is 2.43. The van der Waals surface area contributed by atoms with Gasteiger partial charge in [0.25, 0.3) is 5.91 Å². The summed E-state index contributed by atoms with van der Waals surface area (Å²) in [6.45, 7) is 8.04. The zero-order valence-corrected chi connectivity index (χ0v) is 14.6. The van der Waals surface area contributed by atoms with Gasteiger partial charge in [0.15, 0.2) is 0 Å². The third-order valence-corrected chi connectivity index (χ3v) is 3.65. The summed E-state index contributed by atoms with van der Waals surface area (Å²) in [5.74, 6) is 0.276. The molecule has 24 heavy (non-hydrogen) atoms. The van der Waals surface area contributed by atoms with Crippen LogP contribution in [0.15, 0.2) is 36.0 Å². The minimum Gasteiger partial charge on any atom is -0.497 e. The molecule has 130 valence electrons. The Morgan fingerprint density at radius 1 is 1.29 bits per heavy atom. The van der Waals surface area contributed by atoms with Crippen molar-refractivity contribution in [2.45, 2.75) is 20.3 Å². The largest absolute Gasteiger partial charge is 0.497 e. The zero-order chi connectivity index (χ0) is 17.8. The molecule has 0 atom stereocenters. The monoisotopic (exact) mass is 330 g/mol. The Labute approximate surface area is 144 Å². The van der Waals surface area contributed by atoms with Gasteiger partial charge in [-0.3, -0.25) is 4.79 Å². The van der Waals surface area contributed by atoms with E-state index in [0.29, 0.717) is 11.4 Å². The molecule has 0 bridgehead atoms. The van der Waals surface area contributed by atoms with Gasteiger partial charge in [-0.15, -0.1) is 0 Å². The first-order valence-electron chi connectivity index (χ1n) is 8.16. The number of hydrogen-bond donors (Lipinski definition) is 2. The first-order valence-corrected chi connectivity index (χ1v) is 8.16. The molecule has 0 radical (unpaired) electrons. The molecule has 0 saturated carbocycles. The molecule has 0 spiro atoms. The van der Waals surface area contributed by atoms with Gasteiger partial charge in [0.2, 0.25) is 0 Å². The van der Waals surface area contributed by atoms with E-state index < -0.39 is 5.91 Å². The molecule has 6 heteroatoms. The van der Waals surface area contributed by atoms with Crippen LogP contribution < -0.4 is 15.4 Å². The fraction of sp³-hybridized carbons (Fsp3) is 0.444. The SMILES string of the molecule is CCN(CC)CCCN/C=C(/C#N)C(=O)Nc1ccc(OC)cc1. The van der Waals surface area contributed by atoms with E-state index in [0.717, 1.165) is 32.6 Å². The van der Waals surface area contributed by atoms with Gasteiger partial charge in [0.05, 0.1) is 7.11 Å². The Bertz CT molecular complexity index is 572. The van der Waals surface area contributed by atoms with Crippen LogP contribution in [-0.2, 0) is 4.79 Å². The maximum absolute atomic E-state index is 12.1. The molecule has 0 unspecified atom stereocenters. The molecular weight excluding hydrogens is 304 g/mol. The number of hydrogen-bond acceptors (Lipinski definition) is 5. The van der Waals surface area contributed by atoms with E-state index in [1.807, 2.05) is 6.07 Å². The topological polar surface area (TPSA) is 77.4 Å². The fourth-order valence-corrected chi connectivity index (χ4v) is 2.14. The fourth-order valence-electron chi connectivity index (χ4n) is 2.14. The maximum Gasteiger partial charge on any atom is 0.267 e. The first kappa shape index (κ1) is 19.5. The van der Waals surface area contributed by atoms with E-state index in [1.165, 1.54) is 6.20 Å². The lowest BCUT2D eigenvalue weighted by Crippen LogP contribution is -2.26. The van der Waals surface area contributed by atoms with Gasteiger partial charge in [-0.1, -0.05) is 13.8 Å². The van der Waals surface area contributed by atoms with Crippen LogP contribution in [0.4, 0.5) is 5.69 Å². The summed E-state index contributed by atoms with van der Waals surface area (Å²) in [5, 5.41) is 14.9. The van der Waals surface area contributed by atoms with Gasteiger partial charge < -0.3 is 20.3 Å². The minimum atomic E-state index is -0.432. The van der Waals surface area contributed by atoms with Gasteiger partial charge >= 0.3 is 0 Å². The smallest absolute Gasteiger partial charge is 0.267 e. The summed E-state index contributed by atoms with van der Waals surface area (Å²) < 4.78 is 5.06. The van der Waals surface area contributed by atoms with Crippen LogP contribution in [0.25, 0.3) is 0 Å². The van der Waals surface area contributed by atoms with Crippen molar-refractivity contribution in [3.8, 4) is 11.8 Å². The van der Waals surface area contributed by atoms with E-state index in [2.05, 4.69) is 29.4 Å². The number of nitrogens with zero attached hydrogens (tertiary/aromatic N) is 2. The van der Waals surface area contributed by atoms with Gasteiger partial charge in [0, 0.05) is 18.4 Å². The molecule has 0 aromatic heterocycles. The number of nitrogens with one attached hydrogen (secondary N) is 2. The van der Waals surface area contributed by atoms with Gasteiger partial charge in [-0.25, -0.2) is 0 Å². The molecule has 1 aromatic rings. The Morgan fingerprint density at radius 2 is 1.96 bits per heavy atom. The van der Waals surface area contributed by atoms with E-state index >= 15 is 0 Å². The lowest BCUT2D eigenvalue weighted by Gasteiger charge is -2.17. The van der Waals surface area contributed by atoms with Crippen LogP contribution in [0.2, 0.25) is 0 Å². The summed E-state index contributed by atoms with van der Waals surface area (Å²) in [7, 11) is 1.58. The highest BCUT2D eigenvalue weighted by molar-refractivity contribution is 6.06. The number of methoxy groups -OCH3 is 1. The summed E-state index contributed by atoms with van der Waals surface area (Å²) in [6, 6.07) is 8.86. The average Bonchev–Trinajstić information content (AvgIpc) is 2.62. The highest BCUT2D eigenvalue weighted by Gasteiger charge is 2.09. The van der Waals surface area contributed by atoms with Crippen molar-refractivity contribution in [2.24, 2.45) is 0 Å². The molecule has 1 aromatic carbocycles. The van der Waals surface area contributed by atoms with Crippen molar-refractivity contribution in [1.29, 1.82) is 5.26 Å². The zero-order valence-electron chi connectivity index (χ0n) is 14.6. The minimum absolute atomic E-state index is 0.0497. The van der Waals surface area contributed by atoms with Gasteiger partial charge in [-0.05, 0) is 50.3 Å². The molecule has 0 aliphatic rings. The van der Waals surface area contributed by atoms with Crippen molar-refractivity contribution in [1.82, 2.24) is 10.2 Å². The summed E-state index contributed by atoms with van der Waals surface area (Å²) in [5.41, 5.74) is 0.664. The molecule has 0 fully saturated rings. The van der Waals surface area contributed by atoms with Crippen LogP contribution in [0.1, 0.15) is 20.3 Å². The molecule has 0 heterocycles. The molecule has 2 N–H and O–H groups in total. The highest BCUT2D eigenvalue weighted by atomic mass is 16.5. The Morgan fingerprint density at radius 3 is 2.50 bits per heavy atom. The van der Waals surface area contributed by atoms with E-state index in [4.69, 9.17) is 10.00 Å². The van der Waals surface area contributed by atoms with Gasteiger partial charge in [0.1, 0.15) is 17.4 Å². The number of benzene rings is 1. The van der Waals surface area contributed by atoms with E-state index in [-0.39, 0.29) is 5.57 Å². The number of anilines is 1. The lowest BCUT2D eigenvalue weighted by molar-refractivity contribution is -0.112. The normalized spacial score (nSPS) is 11.0. The van der Waals surface area contributed by atoms with Crippen molar-refractivity contribution in [3.05, 3.63) is 36.0 Å². The number of ether oxygens (including phenoxy) is 1. The van der Waals surface area contributed by atoms with Crippen molar-refractivity contribution in [2.75, 3.05) is 38.6 Å². The third kappa shape index (κ3) is 6.71. The number of carbonyl (C=O) groups excluding carboxylic acids is 1. The van der Waals surface area contributed by atoms with Crippen molar-refractivity contribution in [3.63, 3.8) is 0 Å². The van der Waals surface area contributed by atoms with Crippen LogP contribution in [0.3, 0.4) is 0 Å². The van der Waals surface area contributed by atoms with Crippen LogP contribution in [0, 0.1) is 11.3 Å². The molecule has 1 amide bonds. The molecule has 1 rings (SSSR count). The second-order valence-corrected chi connectivity index (χ2v) is 5.19.